The van der Waals surface area contributed by atoms with E-state index < -0.39 is 0 Å². The van der Waals surface area contributed by atoms with Gasteiger partial charge in [0.25, 0.3) is 0 Å². The predicted molar refractivity (Wildman–Crippen MR) is 84.2 cm³/mol. The second-order valence-corrected chi connectivity index (χ2v) is 5.44. The van der Waals surface area contributed by atoms with Crippen LogP contribution in [0.15, 0.2) is 30.3 Å². The number of carbonyl (C=O) groups is 1. The number of amides is 1. The van der Waals surface area contributed by atoms with Gasteiger partial charge in [-0.1, -0.05) is 44.2 Å². The second-order valence-electron chi connectivity index (χ2n) is 5.44. The van der Waals surface area contributed by atoms with Crippen LogP contribution in [-0.4, -0.2) is 37.8 Å². The Hall–Kier alpha value is -1.10. The Labute approximate surface area is 127 Å². The van der Waals surface area contributed by atoms with Gasteiger partial charge in [0.1, 0.15) is 0 Å². The zero-order chi connectivity index (χ0) is 14.3. The fraction of sp³-hybridized carbons (Fsp3) is 0.533. The summed E-state index contributed by atoms with van der Waals surface area (Å²) in [6.07, 6.45) is 0. The van der Waals surface area contributed by atoms with E-state index in [1.165, 1.54) is 0 Å². The summed E-state index contributed by atoms with van der Waals surface area (Å²) in [4.78, 5) is 11.6. The highest BCUT2D eigenvalue weighted by Crippen LogP contribution is 2.34. The molecule has 1 aromatic rings. The molecule has 1 aromatic carbocycles. The lowest BCUT2D eigenvalue weighted by Gasteiger charge is -2.33. The van der Waals surface area contributed by atoms with Crippen LogP contribution in [0.3, 0.4) is 0 Å². The molecule has 5 heteroatoms. The van der Waals surface area contributed by atoms with Gasteiger partial charge in [-0.2, -0.15) is 0 Å². The van der Waals surface area contributed by atoms with Crippen molar-refractivity contribution in [3.05, 3.63) is 35.9 Å². The van der Waals surface area contributed by atoms with Crippen molar-refractivity contribution in [2.24, 2.45) is 5.41 Å². The van der Waals surface area contributed by atoms with Crippen molar-refractivity contribution in [2.75, 3.05) is 26.7 Å². The molecular weight excluding hydrogens is 276 g/mol. The van der Waals surface area contributed by atoms with Crippen LogP contribution in [-0.2, 0) is 4.79 Å². The van der Waals surface area contributed by atoms with Gasteiger partial charge in [0.15, 0.2) is 0 Å². The number of hydrogen-bond acceptors (Lipinski definition) is 3. The first kappa shape index (κ1) is 18.9. The van der Waals surface area contributed by atoms with Gasteiger partial charge < -0.3 is 15.7 Å². The van der Waals surface area contributed by atoms with E-state index in [1.54, 1.807) is 7.05 Å². The van der Waals surface area contributed by atoms with E-state index in [-0.39, 0.29) is 36.3 Å². The number of carbonyl (C=O) groups excluding carboxylic acids is 1. The average molecular weight is 301 g/mol. The molecule has 0 fully saturated rings. The van der Waals surface area contributed by atoms with Crippen LogP contribution in [0.25, 0.3) is 0 Å². The zero-order valence-corrected chi connectivity index (χ0v) is 13.2. The molecule has 1 atom stereocenters. The van der Waals surface area contributed by atoms with Crippen LogP contribution in [0.5, 0.6) is 0 Å². The molecule has 0 aliphatic rings. The molecule has 0 spiro atoms. The molecule has 114 valence electrons. The monoisotopic (exact) mass is 300 g/mol. The van der Waals surface area contributed by atoms with Crippen LogP contribution in [0, 0.1) is 5.41 Å². The minimum Gasteiger partial charge on any atom is -0.396 e. The fourth-order valence-electron chi connectivity index (χ4n) is 2.08. The van der Waals surface area contributed by atoms with Crippen molar-refractivity contribution in [1.82, 2.24) is 10.6 Å². The van der Waals surface area contributed by atoms with Gasteiger partial charge in [-0.05, 0) is 18.0 Å². The number of likely N-dealkylation sites (N-methyl/N-ethyl adjacent to an activating group) is 1. The maximum Gasteiger partial charge on any atom is 0.233 e. The minimum absolute atomic E-state index is 0. The van der Waals surface area contributed by atoms with Crippen molar-refractivity contribution in [1.29, 1.82) is 0 Å². The van der Waals surface area contributed by atoms with Gasteiger partial charge in [0, 0.05) is 19.1 Å². The van der Waals surface area contributed by atoms with Gasteiger partial charge in [0.05, 0.1) is 6.54 Å². The molecule has 0 aromatic heterocycles. The molecule has 1 rings (SSSR count). The number of nitrogens with one attached hydrogen (secondary N) is 2. The first-order valence-electron chi connectivity index (χ1n) is 6.58. The van der Waals surface area contributed by atoms with E-state index in [0.717, 1.165) is 5.56 Å². The Morgan fingerprint density at radius 3 is 2.40 bits per heavy atom. The van der Waals surface area contributed by atoms with Crippen LogP contribution >= 0.6 is 12.4 Å². The van der Waals surface area contributed by atoms with Gasteiger partial charge in [-0.3, -0.25) is 4.79 Å². The van der Waals surface area contributed by atoms with Gasteiger partial charge >= 0.3 is 0 Å². The molecule has 3 N–H and O–H groups in total. The number of aliphatic hydroxyl groups excluding tert-OH is 1. The van der Waals surface area contributed by atoms with Crippen molar-refractivity contribution >= 4 is 18.3 Å². The van der Waals surface area contributed by atoms with Crippen LogP contribution < -0.4 is 10.6 Å². The highest BCUT2D eigenvalue weighted by atomic mass is 35.5. The first-order chi connectivity index (χ1) is 9.01. The van der Waals surface area contributed by atoms with Crippen LogP contribution in [0.4, 0.5) is 0 Å². The predicted octanol–water partition coefficient (Wildman–Crippen LogP) is 1.55. The van der Waals surface area contributed by atoms with E-state index in [4.69, 9.17) is 0 Å². The molecule has 4 nitrogen and oxygen atoms in total. The minimum atomic E-state index is -0.283. The Balaban J connectivity index is 0.00000361. The fourth-order valence-corrected chi connectivity index (χ4v) is 2.08. The Morgan fingerprint density at radius 1 is 1.30 bits per heavy atom. The maximum absolute atomic E-state index is 11.6. The van der Waals surface area contributed by atoms with Gasteiger partial charge in [0.2, 0.25) is 5.91 Å². The third-order valence-electron chi connectivity index (χ3n) is 3.39. The van der Waals surface area contributed by atoms with Crippen LogP contribution in [0.2, 0.25) is 0 Å². The molecule has 0 saturated heterocycles. The molecule has 20 heavy (non-hydrogen) atoms. The summed E-state index contributed by atoms with van der Waals surface area (Å²) in [5, 5.41) is 15.3. The quantitative estimate of drug-likeness (QED) is 0.716. The molecule has 0 bridgehead atoms. The molecule has 0 heterocycles. The summed E-state index contributed by atoms with van der Waals surface area (Å²) in [5.41, 5.74) is 0.847. The highest BCUT2D eigenvalue weighted by molar-refractivity contribution is 5.85. The number of aliphatic hydroxyl groups is 1. The molecule has 1 amide bonds. The van der Waals surface area contributed by atoms with Crippen molar-refractivity contribution in [3.8, 4) is 0 Å². The van der Waals surface area contributed by atoms with E-state index in [0.29, 0.717) is 13.1 Å². The Morgan fingerprint density at radius 2 is 1.90 bits per heavy atom. The molecule has 0 aliphatic carbocycles. The van der Waals surface area contributed by atoms with Crippen molar-refractivity contribution < 1.29 is 9.90 Å². The SMILES string of the molecule is CNCC(=O)NCC(c1ccccc1)C(C)(C)CO.Cl. The lowest BCUT2D eigenvalue weighted by molar-refractivity contribution is -0.120. The molecule has 0 saturated carbocycles. The lowest BCUT2D eigenvalue weighted by Crippen LogP contribution is -2.39. The van der Waals surface area contributed by atoms with Crippen molar-refractivity contribution in [3.63, 3.8) is 0 Å². The normalized spacial score (nSPS) is 12.4. The molecule has 0 aliphatic heterocycles. The van der Waals surface area contributed by atoms with Crippen molar-refractivity contribution in [2.45, 2.75) is 19.8 Å². The number of benzene rings is 1. The summed E-state index contributed by atoms with van der Waals surface area (Å²) in [6.45, 7) is 4.93. The molecular formula is C15H25ClN2O2. The smallest absolute Gasteiger partial charge is 0.233 e. The van der Waals surface area contributed by atoms with E-state index in [9.17, 15) is 9.90 Å². The summed E-state index contributed by atoms with van der Waals surface area (Å²) >= 11 is 0. The number of rotatable bonds is 7. The number of hydrogen-bond donors (Lipinski definition) is 3. The topological polar surface area (TPSA) is 61.4 Å². The number of halogens is 1. The molecule has 1 unspecified atom stereocenters. The van der Waals surface area contributed by atoms with E-state index in [2.05, 4.69) is 10.6 Å². The summed E-state index contributed by atoms with van der Waals surface area (Å²) in [6, 6.07) is 9.99. The Kier molecular flexibility index (Phi) is 8.46. The van der Waals surface area contributed by atoms with Gasteiger partial charge in [-0.15, -0.1) is 12.4 Å². The van der Waals surface area contributed by atoms with Crippen LogP contribution in [0.1, 0.15) is 25.3 Å². The highest BCUT2D eigenvalue weighted by Gasteiger charge is 2.30. The third-order valence-corrected chi connectivity index (χ3v) is 3.39. The molecule has 0 radical (unpaired) electrons. The standard InChI is InChI=1S/C15H24N2O2.ClH/c1-15(2,11-18)13(9-17-14(19)10-16-3)12-7-5-4-6-8-12;/h4-8,13,16,18H,9-11H2,1-3H3,(H,17,19);1H. The van der Waals surface area contributed by atoms with E-state index >= 15 is 0 Å². The summed E-state index contributed by atoms with van der Waals surface area (Å²) < 4.78 is 0. The largest absolute Gasteiger partial charge is 0.396 e. The Bertz CT molecular complexity index is 396. The van der Waals surface area contributed by atoms with Gasteiger partial charge in [-0.25, -0.2) is 0 Å². The first-order valence-corrected chi connectivity index (χ1v) is 6.58. The third kappa shape index (κ3) is 5.49. The lowest BCUT2D eigenvalue weighted by atomic mass is 9.75. The summed E-state index contributed by atoms with van der Waals surface area (Å²) in [5.74, 6) is 0.0525. The zero-order valence-electron chi connectivity index (χ0n) is 12.3. The maximum atomic E-state index is 11.6. The van der Waals surface area contributed by atoms with E-state index in [1.807, 2.05) is 44.2 Å². The average Bonchev–Trinajstić information content (AvgIpc) is 2.40. The second kappa shape index (κ2) is 8.95. The summed E-state index contributed by atoms with van der Waals surface area (Å²) in [7, 11) is 1.74.